The van der Waals surface area contributed by atoms with Gasteiger partial charge in [0.2, 0.25) is 0 Å². The molecule has 2 heterocycles. The van der Waals surface area contributed by atoms with E-state index in [2.05, 4.69) is 15.4 Å². The lowest BCUT2D eigenvalue weighted by Crippen LogP contribution is -2.36. The SMILES string of the molecule is COCCn1nc(C)c(CNC(=O)N(C)Cc2ccccn2)c1C. The fraction of sp³-hybridized carbons (Fsp3) is 0.471. The Balaban J connectivity index is 1.92. The number of carbonyl (C=O) groups excluding carboxylic acids is 1. The highest BCUT2D eigenvalue weighted by molar-refractivity contribution is 5.73. The van der Waals surface area contributed by atoms with Crippen LogP contribution in [0.1, 0.15) is 22.6 Å². The number of ether oxygens (including phenoxy) is 1. The van der Waals surface area contributed by atoms with Crippen LogP contribution in [0, 0.1) is 13.8 Å². The molecule has 0 fully saturated rings. The zero-order chi connectivity index (χ0) is 17.5. The van der Waals surface area contributed by atoms with E-state index in [-0.39, 0.29) is 6.03 Å². The number of carbonyl (C=O) groups is 1. The van der Waals surface area contributed by atoms with Crippen molar-refractivity contribution in [3.05, 3.63) is 47.0 Å². The lowest BCUT2D eigenvalue weighted by molar-refractivity contribution is 0.182. The molecule has 24 heavy (non-hydrogen) atoms. The third-order valence-corrected chi connectivity index (χ3v) is 3.93. The van der Waals surface area contributed by atoms with Crippen LogP contribution in [-0.2, 0) is 24.4 Å². The Morgan fingerprint density at radius 1 is 1.38 bits per heavy atom. The molecule has 1 N–H and O–H groups in total. The van der Waals surface area contributed by atoms with Gasteiger partial charge in [-0.15, -0.1) is 0 Å². The van der Waals surface area contributed by atoms with Gasteiger partial charge in [0.05, 0.1) is 31.1 Å². The van der Waals surface area contributed by atoms with E-state index >= 15 is 0 Å². The minimum absolute atomic E-state index is 0.135. The number of hydrogen-bond acceptors (Lipinski definition) is 4. The van der Waals surface area contributed by atoms with Crippen LogP contribution in [0.3, 0.4) is 0 Å². The Labute approximate surface area is 142 Å². The quantitative estimate of drug-likeness (QED) is 0.841. The van der Waals surface area contributed by atoms with Crippen LogP contribution < -0.4 is 5.32 Å². The van der Waals surface area contributed by atoms with Crippen LogP contribution >= 0.6 is 0 Å². The lowest BCUT2D eigenvalue weighted by Gasteiger charge is -2.17. The van der Waals surface area contributed by atoms with Gasteiger partial charge in [-0.05, 0) is 26.0 Å². The van der Waals surface area contributed by atoms with Crippen LogP contribution in [0.5, 0.6) is 0 Å². The maximum Gasteiger partial charge on any atom is 0.317 e. The number of nitrogens with one attached hydrogen (secondary N) is 1. The number of nitrogens with zero attached hydrogens (tertiary/aromatic N) is 4. The maximum absolute atomic E-state index is 12.3. The van der Waals surface area contributed by atoms with Crippen molar-refractivity contribution >= 4 is 6.03 Å². The third-order valence-electron chi connectivity index (χ3n) is 3.93. The topological polar surface area (TPSA) is 72.3 Å². The average molecular weight is 331 g/mol. The highest BCUT2D eigenvalue weighted by Gasteiger charge is 2.14. The monoisotopic (exact) mass is 331 g/mol. The molecule has 0 aromatic carbocycles. The molecule has 130 valence electrons. The summed E-state index contributed by atoms with van der Waals surface area (Å²) in [5.41, 5.74) is 3.88. The average Bonchev–Trinajstić information content (AvgIpc) is 2.85. The summed E-state index contributed by atoms with van der Waals surface area (Å²) in [6, 6.07) is 5.54. The van der Waals surface area contributed by atoms with Gasteiger partial charge in [-0.2, -0.15) is 5.10 Å². The van der Waals surface area contributed by atoms with Crippen molar-refractivity contribution in [3.63, 3.8) is 0 Å². The predicted molar refractivity (Wildman–Crippen MR) is 91.5 cm³/mol. The Morgan fingerprint density at radius 2 is 2.17 bits per heavy atom. The van der Waals surface area contributed by atoms with E-state index in [1.165, 1.54) is 0 Å². The summed E-state index contributed by atoms with van der Waals surface area (Å²) in [5.74, 6) is 0. The first kappa shape index (κ1) is 17.9. The summed E-state index contributed by atoms with van der Waals surface area (Å²) in [4.78, 5) is 18.1. The van der Waals surface area contributed by atoms with Gasteiger partial charge in [0.1, 0.15) is 0 Å². The van der Waals surface area contributed by atoms with Gasteiger partial charge in [-0.25, -0.2) is 4.79 Å². The summed E-state index contributed by atoms with van der Waals surface area (Å²) in [6.45, 7) is 6.20. The maximum atomic E-state index is 12.3. The second kappa shape index (κ2) is 8.44. The van der Waals surface area contributed by atoms with Crippen molar-refractivity contribution in [2.45, 2.75) is 33.5 Å². The van der Waals surface area contributed by atoms with Crippen LogP contribution in [0.4, 0.5) is 4.79 Å². The fourth-order valence-corrected chi connectivity index (χ4v) is 2.49. The van der Waals surface area contributed by atoms with Gasteiger partial charge >= 0.3 is 6.03 Å². The molecule has 0 spiro atoms. The summed E-state index contributed by atoms with van der Waals surface area (Å²) in [5, 5.41) is 7.44. The Hall–Kier alpha value is -2.41. The number of urea groups is 1. The molecule has 0 bridgehead atoms. The van der Waals surface area contributed by atoms with Gasteiger partial charge < -0.3 is 15.0 Å². The first-order chi connectivity index (χ1) is 11.5. The summed E-state index contributed by atoms with van der Waals surface area (Å²) in [7, 11) is 3.43. The molecule has 7 nitrogen and oxygen atoms in total. The molecular formula is C17H25N5O2. The zero-order valence-electron chi connectivity index (χ0n) is 14.7. The molecule has 2 aromatic rings. The highest BCUT2D eigenvalue weighted by Crippen LogP contribution is 2.13. The number of hydrogen-bond donors (Lipinski definition) is 1. The molecule has 2 rings (SSSR count). The smallest absolute Gasteiger partial charge is 0.317 e. The summed E-state index contributed by atoms with van der Waals surface area (Å²) < 4.78 is 7.01. The molecule has 0 aliphatic rings. The molecule has 0 saturated heterocycles. The van der Waals surface area contributed by atoms with Crippen LogP contribution in [0.2, 0.25) is 0 Å². The van der Waals surface area contributed by atoms with E-state index in [4.69, 9.17) is 4.74 Å². The van der Waals surface area contributed by atoms with Crippen molar-refractivity contribution in [3.8, 4) is 0 Å². The second-order valence-corrected chi connectivity index (χ2v) is 5.70. The minimum atomic E-state index is -0.135. The Kier molecular flexibility index (Phi) is 6.31. The van der Waals surface area contributed by atoms with Crippen molar-refractivity contribution < 1.29 is 9.53 Å². The molecular weight excluding hydrogens is 306 g/mol. The first-order valence-corrected chi connectivity index (χ1v) is 7.93. The number of amides is 2. The molecule has 0 atom stereocenters. The molecule has 7 heteroatoms. The summed E-state index contributed by atoms with van der Waals surface area (Å²) in [6.07, 6.45) is 1.72. The Morgan fingerprint density at radius 3 is 2.83 bits per heavy atom. The predicted octanol–water partition coefficient (Wildman–Crippen LogP) is 1.88. The van der Waals surface area contributed by atoms with Crippen molar-refractivity contribution in [1.29, 1.82) is 0 Å². The minimum Gasteiger partial charge on any atom is -0.383 e. The van der Waals surface area contributed by atoms with Crippen molar-refractivity contribution in [2.75, 3.05) is 20.8 Å². The van der Waals surface area contributed by atoms with Gasteiger partial charge in [0.25, 0.3) is 0 Å². The molecule has 0 radical (unpaired) electrons. The molecule has 0 saturated carbocycles. The van der Waals surface area contributed by atoms with Gasteiger partial charge in [0.15, 0.2) is 0 Å². The molecule has 2 aromatic heterocycles. The second-order valence-electron chi connectivity index (χ2n) is 5.70. The van der Waals surface area contributed by atoms with Crippen LogP contribution in [0.15, 0.2) is 24.4 Å². The van der Waals surface area contributed by atoms with E-state index in [0.717, 1.165) is 22.6 Å². The van der Waals surface area contributed by atoms with Gasteiger partial charge in [-0.3, -0.25) is 9.67 Å². The van der Waals surface area contributed by atoms with Crippen LogP contribution in [0.25, 0.3) is 0 Å². The largest absolute Gasteiger partial charge is 0.383 e. The van der Waals surface area contributed by atoms with Crippen molar-refractivity contribution in [2.24, 2.45) is 0 Å². The van der Waals surface area contributed by atoms with E-state index in [1.54, 1.807) is 25.3 Å². The first-order valence-electron chi connectivity index (χ1n) is 7.93. The highest BCUT2D eigenvalue weighted by atomic mass is 16.5. The number of pyridine rings is 1. The lowest BCUT2D eigenvalue weighted by atomic mass is 10.2. The van der Waals surface area contributed by atoms with E-state index in [0.29, 0.717) is 26.2 Å². The zero-order valence-corrected chi connectivity index (χ0v) is 14.7. The number of methoxy groups -OCH3 is 1. The molecule has 0 aliphatic heterocycles. The van der Waals surface area contributed by atoms with Crippen molar-refractivity contribution in [1.82, 2.24) is 25.0 Å². The van der Waals surface area contributed by atoms with Gasteiger partial charge in [0, 0.05) is 38.2 Å². The normalized spacial score (nSPS) is 10.7. The third kappa shape index (κ3) is 4.55. The van der Waals surface area contributed by atoms with E-state index in [1.807, 2.05) is 36.7 Å². The number of aromatic nitrogens is 3. The fourth-order valence-electron chi connectivity index (χ4n) is 2.49. The number of aryl methyl sites for hydroxylation is 1. The standard InChI is InChI=1S/C17H25N5O2/c1-13-16(14(2)22(20-13)9-10-24-4)11-19-17(23)21(3)12-15-7-5-6-8-18-15/h5-8H,9-12H2,1-4H3,(H,19,23). The Bertz CT molecular complexity index is 669. The van der Waals surface area contributed by atoms with Crippen LogP contribution in [-0.4, -0.2) is 46.5 Å². The molecule has 2 amide bonds. The van der Waals surface area contributed by atoms with E-state index < -0.39 is 0 Å². The van der Waals surface area contributed by atoms with Gasteiger partial charge in [-0.1, -0.05) is 6.07 Å². The number of rotatable bonds is 7. The molecule has 0 aliphatic carbocycles. The molecule has 0 unspecified atom stereocenters. The summed E-state index contributed by atoms with van der Waals surface area (Å²) >= 11 is 0. The van der Waals surface area contributed by atoms with E-state index in [9.17, 15) is 4.79 Å².